The highest BCUT2D eigenvalue weighted by Gasteiger charge is 2.20. The molecule has 0 atom stereocenters. The van der Waals surface area contributed by atoms with Gasteiger partial charge in [0, 0.05) is 22.4 Å². The van der Waals surface area contributed by atoms with Gasteiger partial charge in [0.05, 0.1) is 5.02 Å². The fourth-order valence-corrected chi connectivity index (χ4v) is 3.17. The number of rotatable bonds is 5. The van der Waals surface area contributed by atoms with E-state index in [-0.39, 0.29) is 5.82 Å². The summed E-state index contributed by atoms with van der Waals surface area (Å²) in [6.07, 6.45) is 2.45. The highest BCUT2D eigenvalue weighted by Crippen LogP contribution is 2.35. The zero-order chi connectivity index (χ0) is 13.9. The maximum Gasteiger partial charge on any atom is 0.123 e. The predicted octanol–water partition coefficient (Wildman–Crippen LogP) is 4.88. The Hall–Kier alpha value is -1.03. The molecule has 0 spiro atoms. The Balaban J connectivity index is 1.82. The average molecular weight is 308 g/mol. The zero-order valence-corrected chi connectivity index (χ0v) is 12.5. The molecular formula is C16H15ClFNS. The summed E-state index contributed by atoms with van der Waals surface area (Å²) in [5, 5.41) is 4.15. The molecule has 0 aliphatic heterocycles. The molecule has 2 aromatic rings. The molecule has 4 heteroatoms. The van der Waals surface area contributed by atoms with Gasteiger partial charge in [-0.05, 0) is 48.7 Å². The van der Waals surface area contributed by atoms with Crippen LogP contribution in [0.15, 0.2) is 52.3 Å². The molecule has 0 heterocycles. The smallest absolute Gasteiger partial charge is 0.123 e. The molecule has 3 rings (SSSR count). The van der Waals surface area contributed by atoms with E-state index in [0.29, 0.717) is 12.6 Å². The van der Waals surface area contributed by atoms with Crippen molar-refractivity contribution in [3.8, 4) is 0 Å². The van der Waals surface area contributed by atoms with Gasteiger partial charge < -0.3 is 5.32 Å². The van der Waals surface area contributed by atoms with Gasteiger partial charge in [0.25, 0.3) is 0 Å². The van der Waals surface area contributed by atoms with Crippen molar-refractivity contribution in [1.29, 1.82) is 0 Å². The fraction of sp³-hybridized carbons (Fsp3) is 0.250. The Kier molecular flexibility index (Phi) is 4.29. The second-order valence-corrected chi connectivity index (χ2v) is 6.43. The first kappa shape index (κ1) is 13.9. The summed E-state index contributed by atoms with van der Waals surface area (Å²) in [5.41, 5.74) is 0.988. The van der Waals surface area contributed by atoms with E-state index in [1.165, 1.54) is 18.9 Å². The number of nitrogens with one attached hydrogen (secondary N) is 1. The standard InChI is InChI=1S/C16H15ClFNS/c17-14-3-1-2-4-16(14)20-15-8-5-12(18)9-11(15)10-19-13-6-7-13/h1-5,8-9,13,19H,6-7,10H2. The van der Waals surface area contributed by atoms with E-state index in [0.717, 1.165) is 20.4 Å². The Bertz CT molecular complexity index is 613. The van der Waals surface area contributed by atoms with Gasteiger partial charge >= 0.3 is 0 Å². The summed E-state index contributed by atoms with van der Waals surface area (Å²) in [6.45, 7) is 0.704. The maximum absolute atomic E-state index is 13.4. The fourth-order valence-electron chi connectivity index (χ4n) is 1.97. The minimum atomic E-state index is -0.193. The van der Waals surface area contributed by atoms with Crippen LogP contribution in [0.4, 0.5) is 4.39 Å². The van der Waals surface area contributed by atoms with Crippen LogP contribution in [-0.2, 0) is 6.54 Å². The lowest BCUT2D eigenvalue weighted by atomic mass is 10.2. The number of hydrogen-bond donors (Lipinski definition) is 1. The van der Waals surface area contributed by atoms with Crippen LogP contribution >= 0.6 is 23.4 Å². The quantitative estimate of drug-likeness (QED) is 0.844. The van der Waals surface area contributed by atoms with Crippen LogP contribution in [-0.4, -0.2) is 6.04 Å². The van der Waals surface area contributed by atoms with Crippen molar-refractivity contribution in [2.24, 2.45) is 0 Å². The lowest BCUT2D eigenvalue weighted by molar-refractivity contribution is 0.616. The van der Waals surface area contributed by atoms with Crippen LogP contribution in [0.3, 0.4) is 0 Å². The number of benzene rings is 2. The van der Waals surface area contributed by atoms with Gasteiger partial charge in [0.1, 0.15) is 5.82 Å². The topological polar surface area (TPSA) is 12.0 Å². The molecule has 1 N–H and O–H groups in total. The summed E-state index contributed by atoms with van der Waals surface area (Å²) in [6, 6.07) is 13.3. The van der Waals surface area contributed by atoms with Crippen molar-refractivity contribution in [2.45, 2.75) is 35.2 Å². The average Bonchev–Trinajstić information content (AvgIpc) is 3.25. The minimum absolute atomic E-state index is 0.193. The first-order valence-electron chi connectivity index (χ1n) is 6.66. The molecule has 1 aliphatic carbocycles. The lowest BCUT2D eigenvalue weighted by Gasteiger charge is -2.11. The van der Waals surface area contributed by atoms with E-state index in [9.17, 15) is 4.39 Å². The first-order chi connectivity index (χ1) is 9.72. The van der Waals surface area contributed by atoms with Crippen LogP contribution in [0.2, 0.25) is 5.02 Å². The Morgan fingerprint density at radius 2 is 1.95 bits per heavy atom. The molecule has 0 unspecified atom stereocenters. The number of halogens is 2. The third-order valence-electron chi connectivity index (χ3n) is 3.24. The van der Waals surface area contributed by atoms with Crippen LogP contribution in [0.25, 0.3) is 0 Å². The Labute approximate surface area is 127 Å². The second-order valence-electron chi connectivity index (χ2n) is 4.94. The molecule has 1 fully saturated rings. The van der Waals surface area contributed by atoms with E-state index < -0.39 is 0 Å². The summed E-state index contributed by atoms with van der Waals surface area (Å²) in [7, 11) is 0. The third-order valence-corrected chi connectivity index (χ3v) is 4.87. The molecule has 20 heavy (non-hydrogen) atoms. The maximum atomic E-state index is 13.4. The van der Waals surface area contributed by atoms with Crippen molar-refractivity contribution in [3.05, 3.63) is 58.9 Å². The normalized spacial score (nSPS) is 14.5. The van der Waals surface area contributed by atoms with Gasteiger partial charge in [-0.1, -0.05) is 35.5 Å². The lowest BCUT2D eigenvalue weighted by Crippen LogP contribution is -2.15. The largest absolute Gasteiger partial charge is 0.310 e. The summed E-state index contributed by atoms with van der Waals surface area (Å²) in [5.74, 6) is -0.193. The van der Waals surface area contributed by atoms with Gasteiger partial charge in [-0.25, -0.2) is 4.39 Å². The van der Waals surface area contributed by atoms with Gasteiger partial charge in [0.2, 0.25) is 0 Å². The third kappa shape index (κ3) is 3.54. The number of hydrogen-bond acceptors (Lipinski definition) is 2. The molecule has 0 aromatic heterocycles. The van der Waals surface area contributed by atoms with Crippen LogP contribution in [0.1, 0.15) is 18.4 Å². The molecule has 1 nitrogen and oxygen atoms in total. The monoisotopic (exact) mass is 307 g/mol. The van der Waals surface area contributed by atoms with Crippen LogP contribution < -0.4 is 5.32 Å². The van der Waals surface area contributed by atoms with E-state index in [2.05, 4.69) is 5.32 Å². The molecule has 0 radical (unpaired) electrons. The molecular weight excluding hydrogens is 293 g/mol. The van der Waals surface area contributed by atoms with E-state index in [4.69, 9.17) is 11.6 Å². The Morgan fingerprint density at radius 3 is 2.70 bits per heavy atom. The SMILES string of the molecule is Fc1ccc(Sc2ccccc2Cl)c(CNC2CC2)c1. The summed E-state index contributed by atoms with van der Waals surface area (Å²) in [4.78, 5) is 2.04. The summed E-state index contributed by atoms with van der Waals surface area (Å²) >= 11 is 7.77. The van der Waals surface area contributed by atoms with Crippen LogP contribution in [0, 0.1) is 5.82 Å². The van der Waals surface area contributed by atoms with Crippen molar-refractivity contribution in [2.75, 3.05) is 0 Å². The van der Waals surface area contributed by atoms with Gasteiger partial charge in [-0.15, -0.1) is 0 Å². The van der Waals surface area contributed by atoms with E-state index in [1.54, 1.807) is 17.8 Å². The van der Waals surface area contributed by atoms with Crippen molar-refractivity contribution in [1.82, 2.24) is 5.32 Å². The molecule has 0 amide bonds. The Morgan fingerprint density at radius 1 is 1.15 bits per heavy atom. The highest BCUT2D eigenvalue weighted by molar-refractivity contribution is 7.99. The molecule has 104 valence electrons. The van der Waals surface area contributed by atoms with E-state index >= 15 is 0 Å². The summed E-state index contributed by atoms with van der Waals surface area (Å²) < 4.78 is 13.4. The highest BCUT2D eigenvalue weighted by atomic mass is 35.5. The molecule has 1 aliphatic rings. The predicted molar refractivity (Wildman–Crippen MR) is 81.8 cm³/mol. The van der Waals surface area contributed by atoms with Crippen molar-refractivity contribution >= 4 is 23.4 Å². The molecule has 0 bridgehead atoms. The minimum Gasteiger partial charge on any atom is -0.310 e. The second kappa shape index (κ2) is 6.17. The van der Waals surface area contributed by atoms with Crippen molar-refractivity contribution < 1.29 is 4.39 Å². The zero-order valence-electron chi connectivity index (χ0n) is 10.9. The molecule has 0 saturated heterocycles. The van der Waals surface area contributed by atoms with Crippen molar-refractivity contribution in [3.63, 3.8) is 0 Å². The molecule has 1 saturated carbocycles. The van der Waals surface area contributed by atoms with Gasteiger partial charge in [-0.2, -0.15) is 0 Å². The van der Waals surface area contributed by atoms with E-state index in [1.807, 2.05) is 30.3 Å². The molecule has 2 aromatic carbocycles. The first-order valence-corrected chi connectivity index (χ1v) is 7.86. The van der Waals surface area contributed by atoms with Crippen LogP contribution in [0.5, 0.6) is 0 Å². The van der Waals surface area contributed by atoms with Gasteiger partial charge in [0.15, 0.2) is 0 Å². The van der Waals surface area contributed by atoms with Gasteiger partial charge in [-0.3, -0.25) is 0 Å².